The van der Waals surface area contributed by atoms with Crippen molar-refractivity contribution in [1.29, 1.82) is 0 Å². The zero-order valence-corrected chi connectivity index (χ0v) is 12.1. The Labute approximate surface area is 128 Å². The molecule has 1 N–H and O–H groups in total. The molecule has 0 atom stereocenters. The van der Waals surface area contributed by atoms with Crippen molar-refractivity contribution in [3.8, 4) is 0 Å². The van der Waals surface area contributed by atoms with E-state index in [0.717, 1.165) is 11.3 Å². The summed E-state index contributed by atoms with van der Waals surface area (Å²) in [6.45, 7) is 0. The lowest BCUT2D eigenvalue weighted by atomic mass is 10.2. The highest BCUT2D eigenvalue weighted by molar-refractivity contribution is 7.15. The number of nitro groups is 1. The van der Waals surface area contributed by atoms with Gasteiger partial charge in [-0.25, -0.2) is 0 Å². The van der Waals surface area contributed by atoms with Crippen LogP contribution in [-0.4, -0.2) is 34.1 Å². The lowest BCUT2D eigenvalue weighted by molar-refractivity contribution is -0.384. The molecule has 0 saturated heterocycles. The van der Waals surface area contributed by atoms with Crippen molar-refractivity contribution < 1.29 is 19.2 Å². The minimum Gasteiger partial charge on any atom is -0.469 e. The number of non-ortho nitro benzene ring substituents is 1. The summed E-state index contributed by atoms with van der Waals surface area (Å²) in [4.78, 5) is 33.0. The Bertz CT molecular complexity index is 713. The second kappa shape index (κ2) is 6.72. The van der Waals surface area contributed by atoms with Crippen LogP contribution in [0, 0.1) is 10.1 Å². The monoisotopic (exact) mass is 322 g/mol. The third kappa shape index (κ3) is 3.82. The van der Waals surface area contributed by atoms with Gasteiger partial charge in [-0.15, -0.1) is 10.2 Å². The fourth-order valence-corrected chi connectivity index (χ4v) is 2.20. The van der Waals surface area contributed by atoms with Gasteiger partial charge in [-0.1, -0.05) is 11.3 Å². The molecule has 0 unspecified atom stereocenters. The number of ether oxygens (including phenoxy) is 1. The number of esters is 1. The Hall–Kier alpha value is -2.88. The number of carbonyl (C=O) groups is 2. The molecule has 1 aromatic carbocycles. The zero-order chi connectivity index (χ0) is 16.1. The first-order valence-electron chi connectivity index (χ1n) is 5.94. The van der Waals surface area contributed by atoms with Crippen molar-refractivity contribution in [2.45, 2.75) is 6.42 Å². The van der Waals surface area contributed by atoms with Crippen molar-refractivity contribution in [2.75, 3.05) is 12.4 Å². The fourth-order valence-electron chi connectivity index (χ4n) is 1.48. The normalized spacial score (nSPS) is 10.0. The lowest BCUT2D eigenvalue weighted by Crippen LogP contribution is -2.11. The number of hydrogen-bond acceptors (Lipinski definition) is 8. The van der Waals surface area contributed by atoms with Crippen LogP contribution in [0.3, 0.4) is 0 Å². The number of aromatic nitrogens is 2. The second-order valence-corrected chi connectivity index (χ2v) is 5.07. The molecule has 114 valence electrons. The van der Waals surface area contributed by atoms with Crippen molar-refractivity contribution in [1.82, 2.24) is 10.2 Å². The van der Waals surface area contributed by atoms with Gasteiger partial charge in [0.25, 0.3) is 11.6 Å². The van der Waals surface area contributed by atoms with Gasteiger partial charge in [0.15, 0.2) is 0 Å². The number of nitrogens with zero attached hydrogens (tertiary/aromatic N) is 3. The SMILES string of the molecule is COC(=O)Cc1nnc(NC(=O)c2ccc([N+](=O)[O-])cc2)s1. The number of carbonyl (C=O) groups excluding carboxylic acids is 2. The molecule has 1 aromatic heterocycles. The van der Waals surface area contributed by atoms with Crippen molar-refractivity contribution in [2.24, 2.45) is 0 Å². The Balaban J connectivity index is 2.02. The Morgan fingerprint density at radius 3 is 2.59 bits per heavy atom. The predicted octanol–water partition coefficient (Wildman–Crippen LogP) is 1.41. The Morgan fingerprint density at radius 2 is 2.00 bits per heavy atom. The smallest absolute Gasteiger partial charge is 0.312 e. The van der Waals surface area contributed by atoms with E-state index in [0.29, 0.717) is 5.01 Å². The van der Waals surface area contributed by atoms with E-state index in [-0.39, 0.29) is 22.8 Å². The van der Waals surface area contributed by atoms with E-state index in [2.05, 4.69) is 20.3 Å². The number of methoxy groups -OCH3 is 1. The molecule has 22 heavy (non-hydrogen) atoms. The molecule has 2 aromatic rings. The van der Waals surface area contributed by atoms with Gasteiger partial charge in [-0.05, 0) is 12.1 Å². The first-order chi connectivity index (χ1) is 10.5. The van der Waals surface area contributed by atoms with E-state index in [9.17, 15) is 19.7 Å². The molecule has 2 rings (SSSR count). The van der Waals surface area contributed by atoms with Crippen LogP contribution in [0.2, 0.25) is 0 Å². The fraction of sp³-hybridized carbons (Fsp3) is 0.167. The summed E-state index contributed by atoms with van der Waals surface area (Å²) in [5, 5.41) is 21.2. The molecule has 0 aliphatic rings. The van der Waals surface area contributed by atoms with Crippen LogP contribution in [0.4, 0.5) is 10.8 Å². The molecule has 0 bridgehead atoms. The zero-order valence-electron chi connectivity index (χ0n) is 11.3. The molecule has 10 heteroatoms. The maximum absolute atomic E-state index is 11.9. The van der Waals surface area contributed by atoms with Crippen molar-refractivity contribution in [3.05, 3.63) is 45.0 Å². The molecule has 0 aliphatic heterocycles. The van der Waals surface area contributed by atoms with E-state index in [1.165, 1.54) is 31.4 Å². The van der Waals surface area contributed by atoms with Gasteiger partial charge in [0.05, 0.1) is 18.5 Å². The average Bonchev–Trinajstić information content (AvgIpc) is 2.94. The minimum atomic E-state index is -0.550. The van der Waals surface area contributed by atoms with E-state index >= 15 is 0 Å². The highest BCUT2D eigenvalue weighted by Crippen LogP contribution is 2.18. The first-order valence-corrected chi connectivity index (χ1v) is 6.76. The van der Waals surface area contributed by atoms with E-state index in [1.54, 1.807) is 0 Å². The predicted molar refractivity (Wildman–Crippen MR) is 76.7 cm³/mol. The third-order valence-electron chi connectivity index (χ3n) is 2.55. The largest absolute Gasteiger partial charge is 0.469 e. The summed E-state index contributed by atoms with van der Waals surface area (Å²) < 4.78 is 4.50. The van der Waals surface area contributed by atoms with Crippen LogP contribution in [0.15, 0.2) is 24.3 Å². The highest BCUT2D eigenvalue weighted by atomic mass is 32.1. The Morgan fingerprint density at radius 1 is 1.32 bits per heavy atom. The molecule has 0 saturated carbocycles. The summed E-state index contributed by atoms with van der Waals surface area (Å²) in [6.07, 6.45) is -0.0262. The molecular weight excluding hydrogens is 312 g/mol. The van der Waals surface area contributed by atoms with Gasteiger partial charge in [0.1, 0.15) is 5.01 Å². The third-order valence-corrected chi connectivity index (χ3v) is 3.39. The topological polar surface area (TPSA) is 124 Å². The molecule has 0 spiro atoms. The molecule has 0 fully saturated rings. The van der Waals surface area contributed by atoms with Crippen LogP contribution in [0.25, 0.3) is 0 Å². The van der Waals surface area contributed by atoms with Gasteiger partial charge >= 0.3 is 5.97 Å². The van der Waals surface area contributed by atoms with E-state index in [1.807, 2.05) is 0 Å². The number of benzene rings is 1. The standard InChI is InChI=1S/C12H10N4O5S/c1-21-10(17)6-9-14-15-12(22-9)13-11(18)7-2-4-8(5-3-7)16(19)20/h2-5H,6H2,1H3,(H,13,15,18). The maximum Gasteiger partial charge on any atom is 0.312 e. The number of amides is 1. The van der Waals surface area contributed by atoms with Crippen LogP contribution in [0.1, 0.15) is 15.4 Å². The van der Waals surface area contributed by atoms with Crippen LogP contribution in [-0.2, 0) is 16.0 Å². The summed E-state index contributed by atoms with van der Waals surface area (Å²) >= 11 is 1.04. The quantitative estimate of drug-likeness (QED) is 0.501. The number of nitrogens with one attached hydrogen (secondary N) is 1. The first kappa shape index (κ1) is 15.5. The maximum atomic E-state index is 11.9. The number of nitro benzene ring substituents is 1. The molecule has 0 radical (unpaired) electrons. The molecule has 0 aliphatic carbocycles. The molecular formula is C12H10N4O5S. The van der Waals surface area contributed by atoms with Gasteiger partial charge in [-0.3, -0.25) is 25.0 Å². The lowest BCUT2D eigenvalue weighted by Gasteiger charge is -2.00. The van der Waals surface area contributed by atoms with Crippen molar-refractivity contribution >= 4 is 34.0 Å². The van der Waals surface area contributed by atoms with Gasteiger partial charge in [0, 0.05) is 17.7 Å². The summed E-state index contributed by atoms with van der Waals surface area (Å²) in [5.41, 5.74) is 0.142. The second-order valence-electron chi connectivity index (χ2n) is 4.01. The highest BCUT2D eigenvalue weighted by Gasteiger charge is 2.13. The number of anilines is 1. The summed E-state index contributed by atoms with van der Waals surface area (Å²) in [7, 11) is 1.26. The van der Waals surface area contributed by atoms with Crippen LogP contribution >= 0.6 is 11.3 Å². The van der Waals surface area contributed by atoms with Crippen LogP contribution in [0.5, 0.6) is 0 Å². The van der Waals surface area contributed by atoms with Gasteiger partial charge < -0.3 is 4.74 Å². The van der Waals surface area contributed by atoms with E-state index in [4.69, 9.17) is 0 Å². The Kier molecular flexibility index (Phi) is 4.73. The minimum absolute atomic E-state index is 0.0262. The summed E-state index contributed by atoms with van der Waals surface area (Å²) in [6, 6.07) is 5.14. The van der Waals surface area contributed by atoms with Crippen LogP contribution < -0.4 is 5.32 Å². The number of hydrogen-bond donors (Lipinski definition) is 1. The summed E-state index contributed by atoms with van der Waals surface area (Å²) in [5.74, 6) is -0.930. The molecule has 1 amide bonds. The molecule has 9 nitrogen and oxygen atoms in total. The van der Waals surface area contributed by atoms with Gasteiger partial charge in [0.2, 0.25) is 5.13 Å². The molecule has 1 heterocycles. The van der Waals surface area contributed by atoms with Crippen molar-refractivity contribution in [3.63, 3.8) is 0 Å². The van der Waals surface area contributed by atoms with E-state index < -0.39 is 16.8 Å². The number of rotatable bonds is 5. The average molecular weight is 322 g/mol. The van der Waals surface area contributed by atoms with Gasteiger partial charge in [-0.2, -0.15) is 0 Å².